The van der Waals surface area contributed by atoms with E-state index in [1.807, 2.05) is 0 Å². The normalized spacial score (nSPS) is 6.89. The second-order valence-corrected chi connectivity index (χ2v) is 1.49. The van der Waals surface area contributed by atoms with Crippen LogP contribution >= 0.6 is 23.2 Å². The summed E-state index contributed by atoms with van der Waals surface area (Å²) < 4.78 is 0. The Kier molecular flexibility index (Phi) is 13.8. The summed E-state index contributed by atoms with van der Waals surface area (Å²) >= 11 is 9.74. The molecule has 1 N–H and O–H groups in total. The van der Waals surface area contributed by atoms with Crippen molar-refractivity contribution in [2.24, 2.45) is 0 Å². The van der Waals surface area contributed by atoms with Crippen LogP contribution in [0.4, 0.5) is 0 Å². The summed E-state index contributed by atoms with van der Waals surface area (Å²) in [5.41, 5.74) is 0. The lowest BCUT2D eigenvalue weighted by Crippen LogP contribution is -1.92. The standard InChI is InChI=1S/C3H4Cl.C2H3ClO2/c1-2-3-4;3-1-2(4)5/h1-2H,3H2;1H2,(H,4,5). The van der Waals surface area contributed by atoms with Gasteiger partial charge in [-0.2, -0.15) is 0 Å². The third kappa shape index (κ3) is 33.5. The van der Waals surface area contributed by atoms with E-state index in [2.05, 4.69) is 0 Å². The molecule has 0 unspecified atom stereocenters. The molecule has 0 atom stereocenters. The zero-order chi connectivity index (χ0) is 7.70. The number of rotatable bonds is 2. The molecule has 0 aromatic carbocycles. The first-order chi connectivity index (χ1) is 4.18. The summed E-state index contributed by atoms with van der Waals surface area (Å²) in [5, 5.41) is 7.59. The average molecular weight is 170 g/mol. The molecule has 0 aromatic heterocycles. The maximum absolute atomic E-state index is 9.24. The van der Waals surface area contributed by atoms with E-state index in [0.29, 0.717) is 5.88 Å². The maximum Gasteiger partial charge on any atom is 0.318 e. The van der Waals surface area contributed by atoms with Crippen LogP contribution < -0.4 is 0 Å². The minimum atomic E-state index is -0.980. The highest BCUT2D eigenvalue weighted by Crippen LogP contribution is 1.67. The van der Waals surface area contributed by atoms with E-state index in [9.17, 15) is 4.79 Å². The number of alkyl halides is 2. The maximum atomic E-state index is 9.24. The quantitative estimate of drug-likeness (QED) is 0.638. The molecular formula is C5H7Cl2O2. The van der Waals surface area contributed by atoms with Crippen LogP contribution in [0.15, 0.2) is 6.08 Å². The molecule has 0 saturated carbocycles. The third-order valence-electron chi connectivity index (χ3n) is 0.203. The van der Waals surface area contributed by atoms with Crippen LogP contribution in [-0.4, -0.2) is 22.8 Å². The smallest absolute Gasteiger partial charge is 0.318 e. The van der Waals surface area contributed by atoms with Crippen molar-refractivity contribution in [2.45, 2.75) is 0 Å². The molecule has 0 rings (SSSR count). The Morgan fingerprint density at radius 2 is 1.89 bits per heavy atom. The van der Waals surface area contributed by atoms with E-state index >= 15 is 0 Å². The fraction of sp³-hybridized carbons (Fsp3) is 0.400. The molecule has 0 amide bonds. The Bertz CT molecular complexity index is 83.0. The van der Waals surface area contributed by atoms with Crippen molar-refractivity contribution >= 4 is 29.2 Å². The Morgan fingerprint density at radius 3 is 1.89 bits per heavy atom. The van der Waals surface area contributed by atoms with Gasteiger partial charge in [0.05, 0.1) is 0 Å². The molecule has 0 fully saturated rings. The lowest BCUT2D eigenvalue weighted by Gasteiger charge is -1.69. The Hall–Kier alpha value is -0.210. The van der Waals surface area contributed by atoms with Gasteiger partial charge in [0, 0.05) is 5.88 Å². The van der Waals surface area contributed by atoms with Crippen LogP contribution in [0.25, 0.3) is 0 Å². The van der Waals surface area contributed by atoms with Gasteiger partial charge < -0.3 is 5.11 Å². The fourth-order valence-corrected chi connectivity index (χ4v) is 0. The van der Waals surface area contributed by atoms with Crippen molar-refractivity contribution in [1.82, 2.24) is 0 Å². The van der Waals surface area contributed by atoms with Gasteiger partial charge in [-0.1, -0.05) is 12.7 Å². The minimum Gasteiger partial charge on any atom is -0.480 e. The number of aliphatic carboxylic acids is 1. The van der Waals surface area contributed by atoms with Gasteiger partial charge in [0.2, 0.25) is 0 Å². The first-order valence-electron chi connectivity index (χ1n) is 2.06. The number of halogens is 2. The van der Waals surface area contributed by atoms with Crippen LogP contribution in [0.1, 0.15) is 0 Å². The van der Waals surface area contributed by atoms with E-state index in [-0.39, 0.29) is 5.88 Å². The number of carbonyl (C=O) groups is 1. The zero-order valence-corrected chi connectivity index (χ0v) is 6.19. The molecule has 0 heterocycles. The summed E-state index contributed by atoms with van der Waals surface area (Å²) in [6, 6.07) is 0. The second kappa shape index (κ2) is 10.7. The van der Waals surface area contributed by atoms with Gasteiger partial charge in [-0.3, -0.25) is 4.79 Å². The van der Waals surface area contributed by atoms with Gasteiger partial charge in [-0.25, -0.2) is 0 Å². The van der Waals surface area contributed by atoms with Gasteiger partial charge in [-0.05, 0) is 0 Å². The third-order valence-corrected chi connectivity index (χ3v) is 0.610. The van der Waals surface area contributed by atoms with Crippen LogP contribution in [0.3, 0.4) is 0 Å². The number of carboxylic acids is 1. The predicted octanol–water partition coefficient (Wildman–Crippen LogP) is 1.52. The number of allylic oxidation sites excluding steroid dienone is 1. The van der Waals surface area contributed by atoms with Crippen LogP contribution in [-0.2, 0) is 4.79 Å². The van der Waals surface area contributed by atoms with Crippen molar-refractivity contribution in [3.8, 4) is 0 Å². The van der Waals surface area contributed by atoms with Gasteiger partial charge in [-0.15, -0.1) is 23.2 Å². The van der Waals surface area contributed by atoms with Gasteiger partial charge in [0.15, 0.2) is 0 Å². The van der Waals surface area contributed by atoms with E-state index in [4.69, 9.17) is 34.9 Å². The predicted molar refractivity (Wildman–Crippen MR) is 37.9 cm³/mol. The highest BCUT2D eigenvalue weighted by Gasteiger charge is 1.83. The Balaban J connectivity index is 0. The molecule has 0 aromatic rings. The van der Waals surface area contributed by atoms with E-state index in [1.165, 1.54) is 6.08 Å². The molecule has 53 valence electrons. The van der Waals surface area contributed by atoms with Gasteiger partial charge in [0.25, 0.3) is 0 Å². The Labute approximate surface area is 64.1 Å². The first-order valence-corrected chi connectivity index (χ1v) is 3.13. The second-order valence-electron chi connectivity index (χ2n) is 0.917. The summed E-state index contributed by atoms with van der Waals surface area (Å²) in [4.78, 5) is 9.24. The van der Waals surface area contributed by atoms with Gasteiger partial charge >= 0.3 is 5.97 Å². The molecular weight excluding hydrogens is 163 g/mol. The largest absolute Gasteiger partial charge is 0.480 e. The van der Waals surface area contributed by atoms with E-state index in [1.54, 1.807) is 0 Å². The summed E-state index contributed by atoms with van der Waals surface area (Å²) in [7, 11) is 0. The number of hydrogen-bond donors (Lipinski definition) is 1. The van der Waals surface area contributed by atoms with Crippen molar-refractivity contribution in [3.05, 3.63) is 12.7 Å². The van der Waals surface area contributed by atoms with Crippen molar-refractivity contribution in [2.75, 3.05) is 11.8 Å². The number of carboxylic acid groups (broad SMARTS) is 1. The molecule has 2 nitrogen and oxygen atoms in total. The molecule has 1 radical (unpaired) electrons. The van der Waals surface area contributed by atoms with E-state index < -0.39 is 5.97 Å². The fourth-order valence-electron chi connectivity index (χ4n) is 0. The summed E-state index contributed by atoms with van der Waals surface area (Å²) in [6.45, 7) is 4.77. The van der Waals surface area contributed by atoms with Crippen molar-refractivity contribution < 1.29 is 9.90 Å². The lowest BCUT2D eigenvalue weighted by molar-refractivity contribution is -0.134. The SMILES string of the molecule is O=C(O)CCl.[CH]=CCCl. The van der Waals surface area contributed by atoms with Crippen LogP contribution in [0.5, 0.6) is 0 Å². The molecule has 0 saturated heterocycles. The molecule has 4 heteroatoms. The molecule has 9 heavy (non-hydrogen) atoms. The highest BCUT2D eigenvalue weighted by molar-refractivity contribution is 6.26. The molecule has 0 bridgehead atoms. The zero-order valence-electron chi connectivity index (χ0n) is 4.68. The molecule has 0 aliphatic heterocycles. The molecule has 0 aliphatic carbocycles. The number of hydrogen-bond acceptors (Lipinski definition) is 1. The highest BCUT2D eigenvalue weighted by atomic mass is 35.5. The molecule has 0 aliphatic rings. The van der Waals surface area contributed by atoms with Crippen molar-refractivity contribution in [3.63, 3.8) is 0 Å². The lowest BCUT2D eigenvalue weighted by atomic mass is 10.8. The summed E-state index contributed by atoms with van der Waals surface area (Å²) in [6.07, 6.45) is 1.39. The minimum absolute atomic E-state index is 0.306. The van der Waals surface area contributed by atoms with Gasteiger partial charge in [0.1, 0.15) is 5.88 Å². The molecule has 0 spiro atoms. The Morgan fingerprint density at radius 1 is 1.67 bits per heavy atom. The summed E-state index contributed by atoms with van der Waals surface area (Å²) in [5.74, 6) is -0.841. The average Bonchev–Trinajstić information content (AvgIpc) is 1.89. The van der Waals surface area contributed by atoms with Crippen LogP contribution in [0, 0.1) is 6.58 Å². The monoisotopic (exact) mass is 169 g/mol. The first kappa shape index (κ1) is 11.6. The van der Waals surface area contributed by atoms with Crippen LogP contribution in [0.2, 0.25) is 0 Å². The van der Waals surface area contributed by atoms with Crippen molar-refractivity contribution in [1.29, 1.82) is 0 Å². The van der Waals surface area contributed by atoms with E-state index in [0.717, 1.165) is 0 Å². The topological polar surface area (TPSA) is 37.3 Å².